The highest BCUT2D eigenvalue weighted by Crippen LogP contribution is 2.30. The van der Waals surface area contributed by atoms with Crippen molar-refractivity contribution in [1.82, 2.24) is 0 Å². The minimum atomic E-state index is 0.393. The van der Waals surface area contributed by atoms with Gasteiger partial charge in [-0.05, 0) is 37.7 Å². The van der Waals surface area contributed by atoms with Gasteiger partial charge in [-0.2, -0.15) is 0 Å². The maximum Gasteiger partial charge on any atom is 0.138 e. The molecule has 1 heterocycles. The second-order valence-corrected chi connectivity index (χ2v) is 15.3. The van der Waals surface area contributed by atoms with Crippen LogP contribution in [0, 0.1) is 5.41 Å². The predicted octanol–water partition coefficient (Wildman–Crippen LogP) is 14.3. The summed E-state index contributed by atoms with van der Waals surface area (Å²) in [6, 6.07) is 0.393. The van der Waals surface area contributed by atoms with Crippen LogP contribution in [0.15, 0.2) is 23.8 Å². The van der Waals surface area contributed by atoms with Crippen molar-refractivity contribution in [3.63, 3.8) is 0 Å². The summed E-state index contributed by atoms with van der Waals surface area (Å²) in [5.74, 6) is 0.491. The van der Waals surface area contributed by atoms with E-state index in [9.17, 15) is 4.79 Å². The Morgan fingerprint density at radius 1 is 0.680 bits per heavy atom. The van der Waals surface area contributed by atoms with Crippen LogP contribution in [0.4, 0.5) is 0 Å². The molecule has 0 saturated carbocycles. The Hall–Kier alpha value is -1.26. The Bertz CT molecular complexity index is 819. The second-order valence-electron chi connectivity index (χ2n) is 15.3. The highest BCUT2D eigenvalue weighted by molar-refractivity contribution is 6.01. The van der Waals surface area contributed by atoms with Crippen LogP contribution < -0.4 is 0 Å². The normalized spacial score (nSPS) is 16.0. The quantitative estimate of drug-likeness (QED) is 0.0406. The van der Waals surface area contributed by atoms with Crippen molar-refractivity contribution in [1.29, 1.82) is 5.41 Å². The van der Waals surface area contributed by atoms with Crippen LogP contribution in [0.2, 0.25) is 0 Å². The van der Waals surface area contributed by atoms with Gasteiger partial charge in [-0.15, -0.1) is 0 Å². The monoisotopic (exact) mass is 704 g/mol. The molecule has 2 atom stereocenters. The predicted molar refractivity (Wildman–Crippen MR) is 225 cm³/mol. The molecule has 0 radical (unpaired) electrons. The molecule has 0 amide bonds. The van der Waals surface area contributed by atoms with E-state index in [1.165, 1.54) is 153 Å². The number of nitrogens with zero attached hydrogens (tertiary/aromatic N) is 1. The third-order valence-electron chi connectivity index (χ3n) is 10.9. The van der Waals surface area contributed by atoms with E-state index in [1.54, 1.807) is 0 Å². The summed E-state index contributed by atoms with van der Waals surface area (Å²) in [7, 11) is 3.41. The number of quaternary nitrogens is 1. The number of unbranched alkanes of at least 4 members (excludes halogenated alkanes) is 22. The van der Waals surface area contributed by atoms with Crippen molar-refractivity contribution in [3.8, 4) is 0 Å². The summed E-state index contributed by atoms with van der Waals surface area (Å²) in [4.78, 5) is 13.4. The molecule has 0 aromatic carbocycles. The van der Waals surface area contributed by atoms with Gasteiger partial charge in [0.25, 0.3) is 0 Å². The van der Waals surface area contributed by atoms with Crippen LogP contribution >= 0.6 is 0 Å². The summed E-state index contributed by atoms with van der Waals surface area (Å²) in [5.41, 5.74) is 2.98. The Morgan fingerprint density at radius 3 is 1.50 bits per heavy atom. The van der Waals surface area contributed by atoms with E-state index in [1.807, 2.05) is 13.8 Å². The molecule has 0 fully saturated rings. The molecular weight excluding hydrogens is 613 g/mol. The van der Waals surface area contributed by atoms with Crippen LogP contribution in [0.1, 0.15) is 227 Å². The van der Waals surface area contributed by atoms with Crippen LogP contribution in [-0.2, 0) is 4.79 Å². The molecule has 2 N–H and O–H groups in total. The molecule has 1 aliphatic rings. The van der Waals surface area contributed by atoms with Gasteiger partial charge in [0.05, 0.1) is 26.1 Å². The smallest absolute Gasteiger partial charge is 0.138 e. The zero-order valence-electron chi connectivity index (χ0n) is 35.3. The first kappa shape index (κ1) is 50.8. The number of likely N-dealkylation sites (N-methyl/N-ethyl adjacent to an activating group) is 1. The Kier molecular flexibility index (Phi) is 38.1. The van der Waals surface area contributed by atoms with Crippen LogP contribution in [-0.4, -0.2) is 54.4 Å². The fourth-order valence-corrected chi connectivity index (χ4v) is 7.52. The lowest BCUT2D eigenvalue weighted by molar-refractivity contribution is -0.930. The molecule has 4 heteroatoms. The van der Waals surface area contributed by atoms with Gasteiger partial charge in [-0.3, -0.25) is 4.79 Å². The first-order valence-corrected chi connectivity index (χ1v) is 22.1. The topological polar surface area (TPSA) is 61.2 Å². The average molecular weight is 704 g/mol. The molecule has 0 aromatic rings. The Balaban J connectivity index is 0. The van der Waals surface area contributed by atoms with Crippen molar-refractivity contribution in [2.75, 3.05) is 27.2 Å². The van der Waals surface area contributed by atoms with E-state index in [2.05, 4.69) is 40.5 Å². The number of aliphatic hydroxyl groups is 1. The summed E-state index contributed by atoms with van der Waals surface area (Å²) in [5, 5.41) is 15.8. The van der Waals surface area contributed by atoms with E-state index in [0.29, 0.717) is 11.8 Å². The molecule has 2 unspecified atom stereocenters. The van der Waals surface area contributed by atoms with Crippen LogP contribution in [0.3, 0.4) is 0 Å². The highest BCUT2D eigenvalue weighted by atomic mass is 16.2. The maximum absolute atomic E-state index is 13.4. The van der Waals surface area contributed by atoms with Gasteiger partial charge in [0.1, 0.15) is 12.3 Å². The SMILES string of the molecule is C=C(C(=N)CCCCCCC)C1=CCC[N+](C)(C(CCCCCCCCCCCCC)CC(=O)CCCCCCCCCCC)C1.CC.CO. The van der Waals surface area contributed by atoms with Crippen LogP contribution in [0.5, 0.6) is 0 Å². The molecule has 296 valence electrons. The van der Waals surface area contributed by atoms with Crippen molar-refractivity contribution < 1.29 is 14.4 Å². The van der Waals surface area contributed by atoms with Gasteiger partial charge < -0.3 is 15.0 Å². The zero-order chi connectivity index (χ0) is 37.7. The number of hydrogen-bond acceptors (Lipinski definition) is 3. The van der Waals surface area contributed by atoms with Crippen molar-refractivity contribution in [3.05, 3.63) is 23.8 Å². The zero-order valence-corrected chi connectivity index (χ0v) is 35.3. The minimum Gasteiger partial charge on any atom is -0.400 e. The number of carbonyl (C=O) groups excluding carboxylic acids is 1. The number of hydrogen-bond donors (Lipinski definition) is 2. The molecule has 0 bridgehead atoms. The number of carbonyl (C=O) groups is 1. The number of nitrogens with one attached hydrogen (secondary N) is 1. The first-order valence-electron chi connectivity index (χ1n) is 22.1. The lowest BCUT2D eigenvalue weighted by Crippen LogP contribution is -2.56. The Morgan fingerprint density at radius 2 is 1.06 bits per heavy atom. The van der Waals surface area contributed by atoms with E-state index in [4.69, 9.17) is 10.5 Å². The van der Waals surface area contributed by atoms with Gasteiger partial charge in [0.2, 0.25) is 0 Å². The van der Waals surface area contributed by atoms with Gasteiger partial charge in [-0.1, -0.05) is 189 Å². The largest absolute Gasteiger partial charge is 0.400 e. The Labute approximate surface area is 314 Å². The van der Waals surface area contributed by atoms with E-state index < -0.39 is 0 Å². The molecule has 1 rings (SSSR count). The molecule has 0 saturated heterocycles. The van der Waals surface area contributed by atoms with Gasteiger partial charge in [0.15, 0.2) is 0 Å². The van der Waals surface area contributed by atoms with Crippen molar-refractivity contribution in [2.24, 2.45) is 0 Å². The van der Waals surface area contributed by atoms with E-state index in [-0.39, 0.29) is 0 Å². The lowest BCUT2D eigenvalue weighted by Gasteiger charge is -2.44. The molecule has 4 nitrogen and oxygen atoms in total. The molecule has 0 spiro atoms. The van der Waals surface area contributed by atoms with Crippen LogP contribution in [0.25, 0.3) is 0 Å². The third-order valence-corrected chi connectivity index (χ3v) is 10.9. The van der Waals surface area contributed by atoms with Gasteiger partial charge >= 0.3 is 0 Å². The summed E-state index contributed by atoms with van der Waals surface area (Å²) >= 11 is 0. The standard InChI is InChI=1S/C43H81N2O.C2H6.CH4O/c1-6-9-12-15-17-19-20-22-23-26-28-33-41(37-42(46)34-29-27-24-21-18-16-13-10-7-2)45(5)36-31-32-40(38-45)39(4)43(44)35-30-25-14-11-8-3;2*1-2/h32,41,44H,4,6-31,33-38H2,1-3,5H3;1-2H3;2H,1H3/q+1;;. The highest BCUT2D eigenvalue weighted by Gasteiger charge is 2.36. The van der Waals surface area contributed by atoms with E-state index in [0.717, 1.165) is 80.9 Å². The first-order chi connectivity index (χ1) is 24.4. The fourth-order valence-electron chi connectivity index (χ4n) is 7.52. The van der Waals surface area contributed by atoms with Gasteiger partial charge in [0, 0.05) is 31.2 Å². The number of rotatable bonds is 33. The summed E-state index contributed by atoms with van der Waals surface area (Å²) < 4.78 is 0.954. The van der Waals surface area contributed by atoms with Crippen molar-refractivity contribution in [2.45, 2.75) is 233 Å². The molecule has 0 aliphatic carbocycles. The van der Waals surface area contributed by atoms with Gasteiger partial charge in [-0.25, -0.2) is 0 Å². The lowest BCUT2D eigenvalue weighted by atomic mass is 9.90. The number of ketones is 1. The summed E-state index contributed by atoms with van der Waals surface area (Å²) in [6.45, 7) is 17.3. The molecule has 1 aliphatic heterocycles. The second kappa shape index (κ2) is 37.5. The minimum absolute atomic E-state index is 0.393. The molecule has 0 aromatic heterocycles. The van der Waals surface area contributed by atoms with E-state index >= 15 is 0 Å². The average Bonchev–Trinajstić information content (AvgIpc) is 3.13. The fraction of sp³-hybridized carbons (Fsp3) is 0.870. The number of aliphatic hydroxyl groups excluding tert-OH is 1. The maximum atomic E-state index is 13.4. The molecule has 50 heavy (non-hydrogen) atoms. The van der Waals surface area contributed by atoms with Crippen molar-refractivity contribution >= 4 is 11.5 Å². The summed E-state index contributed by atoms with van der Waals surface area (Å²) in [6.07, 6.45) is 39.8. The number of Topliss-reactive ketones (excluding diaryl/α,β-unsaturated/α-hetero) is 1. The molecular formula is C46H91N2O2+. The third kappa shape index (κ3) is 27.4.